The average molecular weight is 334 g/mol. The molecule has 1 aromatic carbocycles. The topological polar surface area (TPSA) is 81.1 Å². The Hall–Kier alpha value is -1.92. The van der Waals surface area contributed by atoms with Gasteiger partial charge in [-0.05, 0) is 38.4 Å². The summed E-state index contributed by atoms with van der Waals surface area (Å²) in [6, 6.07) is 7.46. The molecule has 3 atom stereocenters. The van der Waals surface area contributed by atoms with Crippen molar-refractivity contribution >= 4 is 11.9 Å². The van der Waals surface area contributed by atoms with E-state index in [1.165, 1.54) is 4.90 Å². The number of benzene rings is 1. The van der Waals surface area contributed by atoms with Gasteiger partial charge in [-0.3, -0.25) is 14.5 Å². The second-order valence-electron chi connectivity index (χ2n) is 6.79. The van der Waals surface area contributed by atoms with Crippen LogP contribution in [-0.2, 0) is 9.59 Å². The second-order valence-corrected chi connectivity index (χ2v) is 6.79. The molecule has 1 aromatic rings. The normalized spacial score (nSPS) is 27.2. The standard InChI is InChI=1S/C18H26N2O4/c1-12-7-5-6-8-13(12)15-14(16(22)19(3)9-10-21)11-18(2,17(23)24)20(15)4/h5-8,14-15,21H,9-11H2,1-4H3,(H,23,24)/t14-,15-,18-/m1/s1. The lowest BCUT2D eigenvalue weighted by Crippen LogP contribution is -2.46. The van der Waals surface area contributed by atoms with Crippen LogP contribution < -0.4 is 0 Å². The summed E-state index contributed by atoms with van der Waals surface area (Å²) >= 11 is 0. The lowest BCUT2D eigenvalue weighted by Gasteiger charge is -2.33. The molecule has 0 spiro atoms. The third-order valence-corrected chi connectivity index (χ3v) is 5.29. The number of nitrogens with zero attached hydrogens (tertiary/aromatic N) is 2. The van der Waals surface area contributed by atoms with E-state index in [4.69, 9.17) is 5.11 Å². The number of hydrogen-bond acceptors (Lipinski definition) is 4. The van der Waals surface area contributed by atoms with Gasteiger partial charge in [0.05, 0.1) is 12.5 Å². The first-order valence-corrected chi connectivity index (χ1v) is 8.11. The van der Waals surface area contributed by atoms with Crippen LogP contribution in [0.1, 0.15) is 30.5 Å². The number of aliphatic hydroxyl groups excluding tert-OH is 1. The number of amides is 1. The summed E-state index contributed by atoms with van der Waals surface area (Å²) in [5, 5.41) is 18.8. The number of carbonyl (C=O) groups excluding carboxylic acids is 1. The number of likely N-dealkylation sites (tertiary alicyclic amines) is 1. The Bertz CT molecular complexity index is 633. The van der Waals surface area contributed by atoms with E-state index in [1.807, 2.05) is 31.2 Å². The Labute approximate surface area is 142 Å². The molecule has 6 nitrogen and oxygen atoms in total. The zero-order valence-corrected chi connectivity index (χ0v) is 14.7. The van der Waals surface area contributed by atoms with Crippen molar-refractivity contribution in [1.82, 2.24) is 9.80 Å². The van der Waals surface area contributed by atoms with Gasteiger partial charge in [0, 0.05) is 19.6 Å². The summed E-state index contributed by atoms with van der Waals surface area (Å²) in [5.41, 5.74) is 0.903. The third-order valence-electron chi connectivity index (χ3n) is 5.29. The third kappa shape index (κ3) is 3.03. The van der Waals surface area contributed by atoms with Gasteiger partial charge in [0.2, 0.25) is 5.91 Å². The van der Waals surface area contributed by atoms with Crippen LogP contribution >= 0.6 is 0 Å². The number of likely N-dealkylation sites (N-methyl/N-ethyl adjacent to an activating group) is 2. The summed E-state index contributed by atoms with van der Waals surface area (Å²) < 4.78 is 0. The van der Waals surface area contributed by atoms with E-state index in [-0.39, 0.29) is 31.5 Å². The molecule has 0 unspecified atom stereocenters. The van der Waals surface area contributed by atoms with Crippen molar-refractivity contribution in [1.29, 1.82) is 0 Å². The summed E-state index contributed by atoms with van der Waals surface area (Å²) in [6.07, 6.45) is 0.242. The minimum Gasteiger partial charge on any atom is -0.480 e. The van der Waals surface area contributed by atoms with Crippen LogP contribution in [0.3, 0.4) is 0 Å². The molecule has 2 N–H and O–H groups in total. The SMILES string of the molecule is Cc1ccccc1[C@@H]1[C@H](C(=O)N(C)CCO)C[C@](C)(C(=O)O)N1C. The van der Waals surface area contributed by atoms with Gasteiger partial charge in [0.25, 0.3) is 0 Å². The van der Waals surface area contributed by atoms with Crippen molar-refractivity contribution in [2.45, 2.75) is 31.8 Å². The van der Waals surface area contributed by atoms with E-state index >= 15 is 0 Å². The highest BCUT2D eigenvalue weighted by molar-refractivity contribution is 5.85. The van der Waals surface area contributed by atoms with Crippen molar-refractivity contribution in [2.75, 3.05) is 27.2 Å². The van der Waals surface area contributed by atoms with Crippen LogP contribution in [0.15, 0.2) is 24.3 Å². The van der Waals surface area contributed by atoms with E-state index in [0.717, 1.165) is 11.1 Å². The van der Waals surface area contributed by atoms with E-state index in [2.05, 4.69) is 0 Å². The zero-order chi connectivity index (χ0) is 18.1. The Balaban J connectivity index is 2.48. The van der Waals surface area contributed by atoms with Gasteiger partial charge < -0.3 is 15.1 Å². The molecule has 0 saturated carbocycles. The second kappa shape index (κ2) is 6.91. The van der Waals surface area contributed by atoms with Gasteiger partial charge in [-0.25, -0.2) is 0 Å². The predicted octanol–water partition coefficient (Wildman–Crippen LogP) is 1.28. The average Bonchev–Trinajstić information content (AvgIpc) is 2.81. The highest BCUT2D eigenvalue weighted by Crippen LogP contribution is 2.47. The van der Waals surface area contributed by atoms with Gasteiger partial charge in [-0.15, -0.1) is 0 Å². The molecular weight excluding hydrogens is 308 g/mol. The molecule has 2 rings (SSSR count). The van der Waals surface area contributed by atoms with E-state index in [1.54, 1.807) is 25.9 Å². The van der Waals surface area contributed by atoms with Crippen LogP contribution in [0.4, 0.5) is 0 Å². The number of aryl methyl sites for hydroxylation is 1. The molecule has 1 aliphatic rings. The number of carboxylic acids is 1. The van der Waals surface area contributed by atoms with Crippen LogP contribution in [0.25, 0.3) is 0 Å². The first-order chi connectivity index (χ1) is 11.2. The smallest absolute Gasteiger partial charge is 0.323 e. The highest BCUT2D eigenvalue weighted by Gasteiger charge is 2.55. The molecule has 1 saturated heterocycles. The van der Waals surface area contributed by atoms with Gasteiger partial charge in [0.15, 0.2) is 0 Å². The van der Waals surface area contributed by atoms with Crippen molar-refractivity contribution < 1.29 is 19.8 Å². The lowest BCUT2D eigenvalue weighted by molar-refractivity contribution is -0.148. The Kier molecular flexibility index (Phi) is 5.30. The van der Waals surface area contributed by atoms with Gasteiger partial charge in [-0.1, -0.05) is 24.3 Å². The van der Waals surface area contributed by atoms with Crippen molar-refractivity contribution in [2.24, 2.45) is 5.92 Å². The first-order valence-electron chi connectivity index (χ1n) is 8.11. The van der Waals surface area contributed by atoms with Crippen LogP contribution in [0.2, 0.25) is 0 Å². The van der Waals surface area contributed by atoms with Crippen LogP contribution in [0, 0.1) is 12.8 Å². The summed E-state index contributed by atoms with van der Waals surface area (Å²) in [7, 11) is 3.41. The molecule has 0 aliphatic carbocycles. The molecule has 1 heterocycles. The monoisotopic (exact) mass is 334 g/mol. The van der Waals surface area contributed by atoms with Gasteiger partial charge in [-0.2, -0.15) is 0 Å². The summed E-state index contributed by atoms with van der Waals surface area (Å²) in [5.74, 6) is -1.52. The molecule has 0 aromatic heterocycles. The molecule has 0 bridgehead atoms. The molecule has 1 fully saturated rings. The zero-order valence-electron chi connectivity index (χ0n) is 14.7. The minimum absolute atomic E-state index is 0.115. The predicted molar refractivity (Wildman–Crippen MR) is 90.6 cm³/mol. The van der Waals surface area contributed by atoms with Crippen molar-refractivity contribution in [3.05, 3.63) is 35.4 Å². The number of carbonyl (C=O) groups is 2. The van der Waals surface area contributed by atoms with Crippen LogP contribution in [-0.4, -0.2) is 64.7 Å². The highest BCUT2D eigenvalue weighted by atomic mass is 16.4. The fourth-order valence-electron chi connectivity index (χ4n) is 3.61. The number of rotatable bonds is 5. The maximum atomic E-state index is 12.9. The fraction of sp³-hybridized carbons (Fsp3) is 0.556. The summed E-state index contributed by atoms with van der Waals surface area (Å²) in [4.78, 5) is 28.0. The molecule has 6 heteroatoms. The molecule has 24 heavy (non-hydrogen) atoms. The summed E-state index contributed by atoms with van der Waals surface area (Å²) in [6.45, 7) is 3.76. The Morgan fingerprint density at radius 3 is 2.54 bits per heavy atom. The van der Waals surface area contributed by atoms with Crippen molar-refractivity contribution in [3.63, 3.8) is 0 Å². The number of carboxylic acid groups (broad SMARTS) is 1. The maximum absolute atomic E-state index is 12.9. The van der Waals surface area contributed by atoms with E-state index < -0.39 is 17.4 Å². The quantitative estimate of drug-likeness (QED) is 0.848. The van der Waals surface area contributed by atoms with Gasteiger partial charge >= 0.3 is 5.97 Å². The molecule has 1 aliphatic heterocycles. The molecule has 1 amide bonds. The number of aliphatic hydroxyl groups is 1. The lowest BCUT2D eigenvalue weighted by atomic mass is 9.87. The fourth-order valence-corrected chi connectivity index (χ4v) is 3.61. The molecule has 132 valence electrons. The number of hydrogen-bond donors (Lipinski definition) is 2. The van der Waals surface area contributed by atoms with E-state index in [9.17, 15) is 14.7 Å². The largest absolute Gasteiger partial charge is 0.480 e. The minimum atomic E-state index is -1.10. The first kappa shape index (κ1) is 18.4. The maximum Gasteiger partial charge on any atom is 0.323 e. The van der Waals surface area contributed by atoms with Crippen molar-refractivity contribution in [3.8, 4) is 0 Å². The Morgan fingerprint density at radius 2 is 2.00 bits per heavy atom. The van der Waals surface area contributed by atoms with Gasteiger partial charge in [0.1, 0.15) is 5.54 Å². The Morgan fingerprint density at radius 1 is 1.38 bits per heavy atom. The number of aliphatic carboxylic acids is 1. The van der Waals surface area contributed by atoms with E-state index in [0.29, 0.717) is 0 Å². The molecule has 0 radical (unpaired) electrons. The van der Waals surface area contributed by atoms with Crippen LogP contribution in [0.5, 0.6) is 0 Å². The molecular formula is C18H26N2O4.